The van der Waals surface area contributed by atoms with Gasteiger partial charge in [0, 0.05) is 24.1 Å². The van der Waals surface area contributed by atoms with Gasteiger partial charge in [-0.2, -0.15) is 0 Å². The van der Waals surface area contributed by atoms with Crippen molar-refractivity contribution in [2.45, 2.75) is 19.9 Å². The normalized spacial score (nSPS) is 11.5. The Morgan fingerprint density at radius 3 is 2.56 bits per heavy atom. The van der Waals surface area contributed by atoms with Gasteiger partial charge in [0.25, 0.3) is 0 Å². The molecule has 0 fully saturated rings. The topological polar surface area (TPSA) is 54.5 Å². The Morgan fingerprint density at radius 2 is 2.11 bits per heavy atom. The molecule has 1 amide bonds. The van der Waals surface area contributed by atoms with Crippen LogP contribution in [0.5, 0.6) is 0 Å². The number of carbonyl (C=O) groups is 1. The molecule has 18 heavy (non-hydrogen) atoms. The van der Waals surface area contributed by atoms with Gasteiger partial charge in [-0.15, -0.1) is 11.3 Å². The first kappa shape index (κ1) is 15.5. The molecule has 0 aromatic carbocycles. The molecule has 0 radical (unpaired) electrons. The third-order valence-electron chi connectivity index (χ3n) is 2.40. The van der Waals surface area contributed by atoms with Gasteiger partial charge in [0.15, 0.2) is 0 Å². The van der Waals surface area contributed by atoms with Crippen molar-refractivity contribution < 1.29 is 13.2 Å². The van der Waals surface area contributed by atoms with Crippen LogP contribution in [0.25, 0.3) is 0 Å². The number of amides is 1. The van der Waals surface area contributed by atoms with Crippen LogP contribution in [0.1, 0.15) is 18.2 Å². The van der Waals surface area contributed by atoms with E-state index in [0.29, 0.717) is 17.4 Å². The van der Waals surface area contributed by atoms with Crippen molar-refractivity contribution in [3.8, 4) is 0 Å². The first-order valence-corrected chi connectivity index (χ1v) is 8.77. The van der Waals surface area contributed by atoms with Gasteiger partial charge >= 0.3 is 0 Å². The van der Waals surface area contributed by atoms with Crippen molar-refractivity contribution in [2.24, 2.45) is 0 Å². The quantitative estimate of drug-likeness (QED) is 0.809. The van der Waals surface area contributed by atoms with Gasteiger partial charge in [0.1, 0.15) is 9.84 Å². The Balaban J connectivity index is 2.58. The molecule has 0 aliphatic heterocycles. The number of hydrogen-bond donors (Lipinski definition) is 0. The van der Waals surface area contributed by atoms with Crippen LogP contribution in [0, 0.1) is 0 Å². The number of nitrogens with zero attached hydrogens (tertiary/aromatic N) is 1. The summed E-state index contributed by atoms with van der Waals surface area (Å²) in [5.41, 5.74) is 0. The fraction of sp³-hybridized carbons (Fsp3) is 0.545. The van der Waals surface area contributed by atoms with E-state index < -0.39 is 9.84 Å². The summed E-state index contributed by atoms with van der Waals surface area (Å²) in [5.74, 6) is -0.250. The zero-order valence-corrected chi connectivity index (χ0v) is 12.7. The molecule has 102 valence electrons. The molecule has 0 atom stereocenters. The zero-order valence-electron chi connectivity index (χ0n) is 10.3. The lowest BCUT2D eigenvalue weighted by Crippen LogP contribution is -2.31. The van der Waals surface area contributed by atoms with E-state index in [4.69, 9.17) is 11.6 Å². The number of halogens is 1. The molecule has 0 bridgehead atoms. The third-order valence-corrected chi connectivity index (χ3v) is 4.56. The summed E-state index contributed by atoms with van der Waals surface area (Å²) in [6.45, 7) is 2.90. The summed E-state index contributed by atoms with van der Waals surface area (Å²) < 4.78 is 22.7. The van der Waals surface area contributed by atoms with Crippen LogP contribution >= 0.6 is 22.9 Å². The van der Waals surface area contributed by atoms with E-state index in [2.05, 4.69) is 0 Å². The largest absolute Gasteiger partial charge is 0.338 e. The van der Waals surface area contributed by atoms with Crippen LogP contribution in [-0.4, -0.2) is 37.8 Å². The molecule has 0 aliphatic carbocycles. The zero-order chi connectivity index (χ0) is 13.8. The standard InChI is InChI=1S/C11H16ClNO3S2/c1-3-13(8-9-4-5-10(12)17-9)11(14)6-7-18(2,15)16/h4-5H,3,6-8H2,1-2H3. The first-order chi connectivity index (χ1) is 8.31. The van der Waals surface area contributed by atoms with Crippen LogP contribution in [0.2, 0.25) is 4.34 Å². The van der Waals surface area contributed by atoms with Crippen molar-refractivity contribution in [3.63, 3.8) is 0 Å². The molecule has 1 heterocycles. The molecule has 7 heteroatoms. The monoisotopic (exact) mass is 309 g/mol. The molecular formula is C11H16ClNO3S2. The molecule has 1 rings (SSSR count). The second-order valence-electron chi connectivity index (χ2n) is 3.99. The minimum atomic E-state index is -3.10. The van der Waals surface area contributed by atoms with E-state index in [-0.39, 0.29) is 18.1 Å². The van der Waals surface area contributed by atoms with Crippen molar-refractivity contribution in [2.75, 3.05) is 18.6 Å². The van der Waals surface area contributed by atoms with Crippen molar-refractivity contribution in [1.82, 2.24) is 4.90 Å². The van der Waals surface area contributed by atoms with Crippen LogP contribution in [0.3, 0.4) is 0 Å². The van der Waals surface area contributed by atoms with Crippen molar-refractivity contribution in [1.29, 1.82) is 0 Å². The maximum atomic E-state index is 11.9. The van der Waals surface area contributed by atoms with Gasteiger partial charge in [0.2, 0.25) is 5.91 Å². The second kappa shape index (κ2) is 6.54. The molecule has 0 saturated heterocycles. The highest BCUT2D eigenvalue weighted by Crippen LogP contribution is 2.22. The summed E-state index contributed by atoms with van der Waals surface area (Å²) >= 11 is 7.25. The fourth-order valence-corrected chi connectivity index (χ4v) is 3.08. The van der Waals surface area contributed by atoms with Gasteiger partial charge in [-0.25, -0.2) is 8.42 Å². The summed E-state index contributed by atoms with van der Waals surface area (Å²) in [7, 11) is -3.10. The van der Waals surface area contributed by atoms with Gasteiger partial charge in [0.05, 0.1) is 16.6 Å². The maximum Gasteiger partial charge on any atom is 0.223 e. The average Bonchev–Trinajstić information content (AvgIpc) is 2.67. The molecule has 0 saturated carbocycles. The van der Waals surface area contributed by atoms with Crippen molar-refractivity contribution >= 4 is 38.7 Å². The minimum absolute atomic E-state index is 0.0335. The Morgan fingerprint density at radius 1 is 1.44 bits per heavy atom. The highest BCUT2D eigenvalue weighted by atomic mass is 35.5. The average molecular weight is 310 g/mol. The van der Waals surface area contributed by atoms with E-state index in [9.17, 15) is 13.2 Å². The fourth-order valence-electron chi connectivity index (χ4n) is 1.43. The first-order valence-electron chi connectivity index (χ1n) is 5.51. The van der Waals surface area contributed by atoms with E-state index in [0.717, 1.165) is 11.1 Å². The molecular weight excluding hydrogens is 294 g/mol. The molecule has 1 aromatic heterocycles. The second-order valence-corrected chi connectivity index (χ2v) is 8.05. The highest BCUT2D eigenvalue weighted by molar-refractivity contribution is 7.90. The number of rotatable bonds is 6. The van der Waals surface area contributed by atoms with Gasteiger partial charge < -0.3 is 4.90 Å². The van der Waals surface area contributed by atoms with E-state index in [1.54, 1.807) is 11.0 Å². The summed E-state index contributed by atoms with van der Waals surface area (Å²) in [4.78, 5) is 14.5. The lowest BCUT2D eigenvalue weighted by molar-refractivity contribution is -0.131. The van der Waals surface area contributed by atoms with Crippen LogP contribution < -0.4 is 0 Å². The molecule has 0 spiro atoms. The van der Waals surface area contributed by atoms with Gasteiger partial charge in [-0.3, -0.25) is 4.79 Å². The van der Waals surface area contributed by atoms with Crippen LogP contribution in [0.15, 0.2) is 12.1 Å². The molecule has 1 aromatic rings. The summed E-state index contributed by atoms with van der Waals surface area (Å²) in [6.07, 6.45) is 1.17. The SMILES string of the molecule is CCN(Cc1ccc(Cl)s1)C(=O)CCS(C)(=O)=O. The lowest BCUT2D eigenvalue weighted by atomic mass is 10.3. The van der Waals surface area contributed by atoms with E-state index in [1.807, 2.05) is 13.0 Å². The molecule has 0 aliphatic rings. The van der Waals surface area contributed by atoms with Crippen LogP contribution in [0.4, 0.5) is 0 Å². The predicted molar refractivity (Wildman–Crippen MR) is 74.7 cm³/mol. The van der Waals surface area contributed by atoms with E-state index in [1.165, 1.54) is 11.3 Å². The van der Waals surface area contributed by atoms with E-state index >= 15 is 0 Å². The number of hydrogen-bond acceptors (Lipinski definition) is 4. The predicted octanol–water partition coefficient (Wildman–Crippen LogP) is 2.18. The number of thiophene rings is 1. The Kier molecular flexibility index (Phi) is 5.62. The maximum absolute atomic E-state index is 11.9. The smallest absolute Gasteiger partial charge is 0.223 e. The summed E-state index contributed by atoms with van der Waals surface area (Å²) in [6, 6.07) is 3.66. The molecule has 4 nitrogen and oxygen atoms in total. The third kappa shape index (κ3) is 5.37. The Hall–Kier alpha value is -0.590. The molecule has 0 N–H and O–H groups in total. The minimum Gasteiger partial charge on any atom is -0.338 e. The lowest BCUT2D eigenvalue weighted by Gasteiger charge is -2.19. The van der Waals surface area contributed by atoms with Crippen LogP contribution in [-0.2, 0) is 21.2 Å². The van der Waals surface area contributed by atoms with Gasteiger partial charge in [-0.05, 0) is 19.1 Å². The Labute approximate surface area is 116 Å². The van der Waals surface area contributed by atoms with Crippen molar-refractivity contribution in [3.05, 3.63) is 21.3 Å². The summed E-state index contributed by atoms with van der Waals surface area (Å²) in [5, 5.41) is 0. The highest BCUT2D eigenvalue weighted by Gasteiger charge is 2.15. The molecule has 0 unspecified atom stereocenters. The Bertz CT molecular complexity index is 510. The number of sulfone groups is 1. The number of carbonyl (C=O) groups excluding carboxylic acids is 1. The van der Waals surface area contributed by atoms with Gasteiger partial charge in [-0.1, -0.05) is 11.6 Å².